The second-order valence-electron chi connectivity index (χ2n) is 5.63. The van der Waals surface area contributed by atoms with Crippen LogP contribution in [0.25, 0.3) is 16.8 Å². The average molecular weight is 309 g/mol. The normalized spacial score (nSPS) is 12.5. The average Bonchev–Trinajstić information content (AvgIpc) is 2.98. The quantitative estimate of drug-likeness (QED) is 0.698. The fraction of sp³-hybridized carbons (Fsp3) is 0.333. The molecule has 1 radical (unpaired) electrons. The van der Waals surface area contributed by atoms with Crippen LogP contribution in [0.2, 0.25) is 0 Å². The lowest BCUT2D eigenvalue weighted by Gasteiger charge is -2.09. The highest BCUT2D eigenvalue weighted by Gasteiger charge is 2.14. The van der Waals surface area contributed by atoms with Gasteiger partial charge in [-0.2, -0.15) is 5.10 Å². The van der Waals surface area contributed by atoms with E-state index in [4.69, 9.17) is 9.72 Å². The molecule has 0 aliphatic carbocycles. The molecule has 1 atom stereocenters. The number of nitrogens with zero attached hydrogens (tertiary/aromatic N) is 4. The minimum atomic E-state index is 0.508. The Morgan fingerprint density at radius 3 is 2.96 bits per heavy atom. The summed E-state index contributed by atoms with van der Waals surface area (Å²) in [5, 5.41) is 4.40. The molecule has 3 heterocycles. The standard InChI is InChI=1S/C18H21N4O/c1-4-13(3)11-14-8-10-22-17(21-14)16(12-20-22)15-7-6-9-19-18(15)23-5-2/h6-10,12-13H,1,4-5,11H2,2-3H3. The Balaban J connectivity index is 2.06. The van der Waals surface area contributed by atoms with Crippen LogP contribution < -0.4 is 4.74 Å². The predicted molar refractivity (Wildman–Crippen MR) is 90.2 cm³/mol. The van der Waals surface area contributed by atoms with E-state index in [0.29, 0.717) is 18.4 Å². The number of pyridine rings is 1. The highest BCUT2D eigenvalue weighted by Crippen LogP contribution is 2.30. The summed E-state index contributed by atoms with van der Waals surface area (Å²) in [6.07, 6.45) is 7.31. The van der Waals surface area contributed by atoms with E-state index < -0.39 is 0 Å². The SMILES string of the molecule is [CH2]CC(C)Cc1ccn2ncc(-c3cccnc3OCC)c2n1. The molecule has 119 valence electrons. The number of hydrogen-bond donors (Lipinski definition) is 0. The van der Waals surface area contributed by atoms with Crippen LogP contribution >= 0.6 is 0 Å². The van der Waals surface area contributed by atoms with Crippen molar-refractivity contribution in [2.75, 3.05) is 6.61 Å². The number of hydrogen-bond acceptors (Lipinski definition) is 4. The third-order valence-corrected chi connectivity index (χ3v) is 3.82. The molecule has 0 aliphatic rings. The maximum absolute atomic E-state index is 5.64. The highest BCUT2D eigenvalue weighted by atomic mass is 16.5. The largest absolute Gasteiger partial charge is 0.478 e. The van der Waals surface area contributed by atoms with E-state index in [1.54, 1.807) is 10.7 Å². The summed E-state index contributed by atoms with van der Waals surface area (Å²) in [6, 6.07) is 5.90. The van der Waals surface area contributed by atoms with Gasteiger partial charge in [0.05, 0.1) is 18.4 Å². The molecule has 0 fully saturated rings. The zero-order valence-corrected chi connectivity index (χ0v) is 13.6. The van der Waals surface area contributed by atoms with Crippen LogP contribution in [0, 0.1) is 12.8 Å². The third-order valence-electron chi connectivity index (χ3n) is 3.82. The first kappa shape index (κ1) is 15.5. The zero-order chi connectivity index (χ0) is 16.2. The topological polar surface area (TPSA) is 52.3 Å². The molecule has 0 aromatic carbocycles. The predicted octanol–water partition coefficient (Wildman–Crippen LogP) is 3.59. The summed E-state index contributed by atoms with van der Waals surface area (Å²) < 4.78 is 7.43. The minimum Gasteiger partial charge on any atom is -0.478 e. The second kappa shape index (κ2) is 6.77. The van der Waals surface area contributed by atoms with E-state index >= 15 is 0 Å². The molecule has 0 spiro atoms. The van der Waals surface area contributed by atoms with E-state index in [1.165, 1.54) is 0 Å². The molecule has 0 saturated heterocycles. The molecule has 1 unspecified atom stereocenters. The first-order chi connectivity index (χ1) is 11.2. The summed E-state index contributed by atoms with van der Waals surface area (Å²) in [6.45, 7) is 8.67. The summed E-state index contributed by atoms with van der Waals surface area (Å²) in [5.74, 6) is 1.12. The Labute approximate surface area is 136 Å². The third kappa shape index (κ3) is 3.18. The van der Waals surface area contributed by atoms with Gasteiger partial charge in [0.25, 0.3) is 0 Å². The van der Waals surface area contributed by atoms with Gasteiger partial charge in [-0.3, -0.25) is 0 Å². The van der Waals surface area contributed by atoms with Crippen molar-refractivity contribution >= 4 is 5.65 Å². The van der Waals surface area contributed by atoms with Gasteiger partial charge in [-0.05, 0) is 37.5 Å². The molecular weight excluding hydrogens is 288 g/mol. The molecule has 23 heavy (non-hydrogen) atoms. The summed E-state index contributed by atoms with van der Waals surface area (Å²) >= 11 is 0. The van der Waals surface area contributed by atoms with Crippen LogP contribution in [0.1, 0.15) is 26.0 Å². The van der Waals surface area contributed by atoms with Crippen molar-refractivity contribution in [2.24, 2.45) is 5.92 Å². The van der Waals surface area contributed by atoms with Crippen LogP contribution in [0.5, 0.6) is 5.88 Å². The van der Waals surface area contributed by atoms with Gasteiger partial charge in [-0.15, -0.1) is 0 Å². The number of ether oxygens (including phenoxy) is 1. The van der Waals surface area contributed by atoms with Crippen LogP contribution in [-0.2, 0) is 6.42 Å². The molecule has 3 rings (SSSR count). The van der Waals surface area contributed by atoms with E-state index in [1.807, 2.05) is 37.5 Å². The Bertz CT molecular complexity index is 797. The number of fused-ring (bicyclic) bond motifs is 1. The molecular formula is C18H21N4O. The number of rotatable bonds is 6. The fourth-order valence-corrected chi connectivity index (χ4v) is 2.52. The summed E-state index contributed by atoms with van der Waals surface area (Å²) in [5.41, 5.74) is 3.73. The highest BCUT2D eigenvalue weighted by molar-refractivity contribution is 5.79. The van der Waals surface area contributed by atoms with Crippen LogP contribution in [-0.4, -0.2) is 26.2 Å². The lowest BCUT2D eigenvalue weighted by atomic mass is 10.0. The van der Waals surface area contributed by atoms with Gasteiger partial charge in [0.2, 0.25) is 5.88 Å². The van der Waals surface area contributed by atoms with Crippen molar-refractivity contribution in [1.82, 2.24) is 19.6 Å². The van der Waals surface area contributed by atoms with Crippen molar-refractivity contribution in [3.05, 3.63) is 49.4 Å². The van der Waals surface area contributed by atoms with Gasteiger partial charge in [-0.25, -0.2) is 14.5 Å². The molecule has 3 aromatic rings. The van der Waals surface area contributed by atoms with Crippen molar-refractivity contribution in [3.63, 3.8) is 0 Å². The Hall–Kier alpha value is -2.43. The summed E-state index contributed by atoms with van der Waals surface area (Å²) in [7, 11) is 0. The molecule has 0 bridgehead atoms. The van der Waals surface area contributed by atoms with E-state index in [2.05, 4.69) is 23.9 Å². The lowest BCUT2D eigenvalue weighted by Crippen LogP contribution is -2.02. The first-order valence-corrected chi connectivity index (χ1v) is 7.93. The van der Waals surface area contributed by atoms with Crippen molar-refractivity contribution < 1.29 is 4.74 Å². The molecule has 0 amide bonds. The second-order valence-corrected chi connectivity index (χ2v) is 5.63. The van der Waals surface area contributed by atoms with Crippen molar-refractivity contribution in [2.45, 2.75) is 26.7 Å². The van der Waals surface area contributed by atoms with Gasteiger partial charge in [-0.1, -0.05) is 20.3 Å². The van der Waals surface area contributed by atoms with Gasteiger partial charge in [0.1, 0.15) is 0 Å². The molecule has 5 heteroatoms. The summed E-state index contributed by atoms with van der Waals surface area (Å²) in [4.78, 5) is 9.11. The maximum atomic E-state index is 5.64. The van der Waals surface area contributed by atoms with Gasteiger partial charge in [0, 0.05) is 23.7 Å². The van der Waals surface area contributed by atoms with Gasteiger partial charge < -0.3 is 4.74 Å². The van der Waals surface area contributed by atoms with Gasteiger partial charge >= 0.3 is 0 Å². The van der Waals surface area contributed by atoms with Crippen LogP contribution in [0.4, 0.5) is 0 Å². The Morgan fingerprint density at radius 2 is 2.17 bits per heavy atom. The van der Waals surface area contributed by atoms with Crippen LogP contribution in [0.3, 0.4) is 0 Å². The molecule has 0 saturated carbocycles. The zero-order valence-electron chi connectivity index (χ0n) is 13.6. The smallest absolute Gasteiger partial charge is 0.221 e. The van der Waals surface area contributed by atoms with E-state index in [0.717, 1.165) is 35.3 Å². The van der Waals surface area contributed by atoms with Crippen LogP contribution in [0.15, 0.2) is 36.8 Å². The fourth-order valence-electron chi connectivity index (χ4n) is 2.52. The molecule has 0 N–H and O–H groups in total. The first-order valence-electron chi connectivity index (χ1n) is 7.93. The Morgan fingerprint density at radius 1 is 1.30 bits per heavy atom. The molecule has 0 aliphatic heterocycles. The number of aromatic nitrogens is 4. The Kier molecular flexibility index (Phi) is 4.55. The van der Waals surface area contributed by atoms with Crippen molar-refractivity contribution in [3.8, 4) is 17.0 Å². The van der Waals surface area contributed by atoms with E-state index in [9.17, 15) is 0 Å². The van der Waals surface area contributed by atoms with E-state index in [-0.39, 0.29) is 0 Å². The minimum absolute atomic E-state index is 0.508. The van der Waals surface area contributed by atoms with Crippen molar-refractivity contribution in [1.29, 1.82) is 0 Å². The molecule has 5 nitrogen and oxygen atoms in total. The van der Waals surface area contributed by atoms with Gasteiger partial charge in [0.15, 0.2) is 5.65 Å². The maximum Gasteiger partial charge on any atom is 0.221 e. The monoisotopic (exact) mass is 309 g/mol. The lowest BCUT2D eigenvalue weighted by molar-refractivity contribution is 0.328. The molecule has 3 aromatic heterocycles.